The second kappa shape index (κ2) is 23.0. The van der Waals surface area contributed by atoms with E-state index in [1.165, 1.54) is 149 Å². The molecule has 5 heterocycles. The summed E-state index contributed by atoms with van der Waals surface area (Å²) in [7, 11) is 0. The van der Waals surface area contributed by atoms with Crippen molar-refractivity contribution in [3.63, 3.8) is 0 Å². The second-order valence-corrected chi connectivity index (χ2v) is 20.2. The zero-order valence-corrected chi connectivity index (χ0v) is 39.6. The van der Waals surface area contributed by atoms with Crippen LogP contribution in [0.25, 0.3) is 62.3 Å². The Balaban J connectivity index is 1.01. The van der Waals surface area contributed by atoms with Crippen molar-refractivity contribution < 1.29 is 4.74 Å². The molecule has 0 aliphatic rings. The maximum atomic E-state index is 6.18. The van der Waals surface area contributed by atoms with Crippen molar-refractivity contribution in [2.24, 2.45) is 5.92 Å². The summed E-state index contributed by atoms with van der Waals surface area (Å²) < 4.78 is 18.4. The number of unbranched alkanes of at least 4 members (excludes halogenated alkanes) is 11. The number of hydrogen-bond donors (Lipinski definition) is 0. The van der Waals surface area contributed by atoms with Gasteiger partial charge in [-0.2, -0.15) is 8.75 Å². The first-order valence-corrected chi connectivity index (χ1v) is 26.1. The van der Waals surface area contributed by atoms with E-state index in [2.05, 4.69) is 105 Å². The molecule has 2 aromatic carbocycles. The third kappa shape index (κ3) is 11.6. The summed E-state index contributed by atoms with van der Waals surface area (Å²) in [6, 6.07) is 27.0. The summed E-state index contributed by atoms with van der Waals surface area (Å²) in [5, 5.41) is 0. The van der Waals surface area contributed by atoms with Crippen LogP contribution >= 0.6 is 45.7 Å². The van der Waals surface area contributed by atoms with Gasteiger partial charge >= 0.3 is 0 Å². The predicted octanol–water partition coefficient (Wildman–Crippen LogP) is 17.2. The van der Waals surface area contributed by atoms with Crippen LogP contribution in [0, 0.1) is 5.92 Å². The number of fused-ring (bicyclic) bond motifs is 2. The smallest absolute Gasteiger partial charge is 0.132 e. The molecule has 7 aromatic rings. The normalized spacial score (nSPS) is 12.2. The van der Waals surface area contributed by atoms with Crippen LogP contribution in [-0.4, -0.2) is 33.4 Å². The van der Waals surface area contributed by atoms with E-state index >= 15 is 0 Å². The van der Waals surface area contributed by atoms with E-state index in [9.17, 15) is 0 Å². The number of hydrogen-bond acceptors (Lipinski definition) is 9. The number of ether oxygens (including phenoxy) is 1. The van der Waals surface area contributed by atoms with Gasteiger partial charge in [-0.05, 0) is 97.0 Å². The lowest BCUT2D eigenvalue weighted by molar-refractivity contribution is 0.233. The third-order valence-corrected chi connectivity index (χ3v) is 15.9. The van der Waals surface area contributed by atoms with E-state index in [1.807, 2.05) is 28.9 Å². The molecule has 0 bridgehead atoms. The van der Waals surface area contributed by atoms with Gasteiger partial charge < -0.3 is 9.64 Å². The molecule has 1 atom stereocenters. The molecule has 5 nitrogen and oxygen atoms in total. The monoisotopic (exact) mass is 876 g/mol. The van der Waals surface area contributed by atoms with Gasteiger partial charge in [0.25, 0.3) is 0 Å². The van der Waals surface area contributed by atoms with Gasteiger partial charge in [0, 0.05) is 54.6 Å². The minimum Gasteiger partial charge on any atom is -0.493 e. The van der Waals surface area contributed by atoms with Gasteiger partial charge in [-0.15, -0.1) is 34.0 Å². The average molecular weight is 877 g/mol. The molecular weight excluding hydrogens is 813 g/mol. The Morgan fingerprint density at radius 2 is 1.15 bits per heavy atom. The number of nitrogens with zero attached hydrogens (tertiary/aromatic N) is 4. The van der Waals surface area contributed by atoms with Gasteiger partial charge in [0.2, 0.25) is 0 Å². The molecule has 0 fully saturated rings. The summed E-state index contributed by atoms with van der Waals surface area (Å²) in [5.74, 6) is 1.56. The number of rotatable bonds is 26. The standard InChI is InChI=1S/C51H64N4OS4/c1-5-9-12-14-16-18-31-55(32-19-17-15-13-10-6-2)40-25-21-39(22-26-40)45-33-47-48(58-45)34-46(59-47)42-35-52-50(51-49(42)53-60-54-51)44-30-29-43(57-44)38-23-27-41(28-24-38)56-36-37(8-4)20-11-7-3/h21-30,33-35,37H,5-20,31-32,36H2,1-4H3. The summed E-state index contributed by atoms with van der Waals surface area (Å²) >= 11 is 6.73. The summed E-state index contributed by atoms with van der Waals surface area (Å²) in [6.07, 6.45) is 23.0. The topological polar surface area (TPSA) is 51.1 Å². The van der Waals surface area contributed by atoms with Crippen molar-refractivity contribution >= 4 is 71.9 Å². The Labute approximate surface area is 375 Å². The fourth-order valence-electron chi connectivity index (χ4n) is 8.06. The quantitative estimate of drug-likeness (QED) is 0.0507. The zero-order chi connectivity index (χ0) is 41.5. The number of benzene rings is 2. The van der Waals surface area contributed by atoms with Gasteiger partial charge in [-0.1, -0.05) is 123 Å². The molecule has 5 aromatic heterocycles. The van der Waals surface area contributed by atoms with E-state index in [4.69, 9.17) is 18.5 Å². The number of aromatic nitrogens is 3. The zero-order valence-electron chi connectivity index (χ0n) is 36.3. The third-order valence-electron chi connectivity index (χ3n) is 11.9. The molecule has 0 aliphatic carbocycles. The van der Waals surface area contributed by atoms with E-state index in [0.29, 0.717) is 5.92 Å². The largest absolute Gasteiger partial charge is 0.493 e. The van der Waals surface area contributed by atoms with Crippen LogP contribution in [0.4, 0.5) is 5.69 Å². The van der Waals surface area contributed by atoms with Crippen LogP contribution in [0.15, 0.2) is 79.0 Å². The number of pyridine rings is 1. The van der Waals surface area contributed by atoms with Gasteiger partial charge in [0.15, 0.2) is 0 Å². The van der Waals surface area contributed by atoms with Crippen LogP contribution in [0.5, 0.6) is 5.75 Å². The van der Waals surface area contributed by atoms with Crippen molar-refractivity contribution in [2.45, 2.75) is 130 Å². The molecular formula is C51H64N4OS4. The fourth-order valence-corrected chi connectivity index (χ4v) is 12.0. The van der Waals surface area contributed by atoms with Crippen molar-refractivity contribution in [3.8, 4) is 47.6 Å². The van der Waals surface area contributed by atoms with Gasteiger partial charge in [-0.25, -0.2) is 0 Å². The first-order valence-electron chi connectivity index (χ1n) is 22.9. The van der Waals surface area contributed by atoms with Crippen molar-refractivity contribution in [1.29, 1.82) is 0 Å². The molecule has 9 heteroatoms. The fraction of sp³-hybridized carbons (Fsp3) is 0.471. The average Bonchev–Trinajstić information content (AvgIpc) is 4.11. The molecule has 0 saturated carbocycles. The molecule has 0 saturated heterocycles. The minimum atomic E-state index is 0.620. The highest BCUT2D eigenvalue weighted by molar-refractivity contribution is 7.31. The van der Waals surface area contributed by atoms with Gasteiger partial charge in [-0.3, -0.25) is 4.98 Å². The molecule has 0 amide bonds. The lowest BCUT2D eigenvalue weighted by Crippen LogP contribution is -2.25. The SMILES string of the molecule is CCCCCCCCN(CCCCCCCC)c1ccc(-c2cc3sc(-c4cnc(-c5ccc(-c6ccc(OCC(CC)CCCC)cc6)s5)c5nsnc45)cc3s2)cc1. The Bertz CT molecular complexity index is 2270. The Hall–Kier alpha value is -3.63. The molecule has 0 spiro atoms. The van der Waals surface area contributed by atoms with E-state index in [0.717, 1.165) is 59.0 Å². The maximum Gasteiger partial charge on any atom is 0.132 e. The van der Waals surface area contributed by atoms with Crippen LogP contribution in [-0.2, 0) is 0 Å². The Morgan fingerprint density at radius 1 is 0.567 bits per heavy atom. The summed E-state index contributed by atoms with van der Waals surface area (Å²) in [4.78, 5) is 12.5. The van der Waals surface area contributed by atoms with Crippen LogP contribution in [0.2, 0.25) is 0 Å². The second-order valence-electron chi connectivity index (χ2n) is 16.4. The van der Waals surface area contributed by atoms with Crippen LogP contribution in [0.3, 0.4) is 0 Å². The highest BCUT2D eigenvalue weighted by Crippen LogP contribution is 2.45. The van der Waals surface area contributed by atoms with E-state index < -0.39 is 0 Å². The van der Waals surface area contributed by atoms with Crippen LogP contribution < -0.4 is 9.64 Å². The van der Waals surface area contributed by atoms with Crippen molar-refractivity contribution in [3.05, 3.63) is 79.0 Å². The highest BCUT2D eigenvalue weighted by atomic mass is 32.1. The van der Waals surface area contributed by atoms with E-state index in [1.54, 1.807) is 11.3 Å². The molecule has 0 aliphatic heterocycles. The molecule has 60 heavy (non-hydrogen) atoms. The van der Waals surface area contributed by atoms with Gasteiger partial charge in [0.05, 0.1) is 23.2 Å². The van der Waals surface area contributed by atoms with Crippen molar-refractivity contribution in [2.75, 3.05) is 24.6 Å². The Kier molecular flexibility index (Phi) is 17.0. The summed E-state index contributed by atoms with van der Waals surface area (Å²) in [5.41, 5.74) is 7.62. The molecule has 318 valence electrons. The minimum absolute atomic E-state index is 0.620. The summed E-state index contributed by atoms with van der Waals surface area (Å²) in [6.45, 7) is 12.2. The van der Waals surface area contributed by atoms with Crippen LogP contribution in [0.1, 0.15) is 130 Å². The molecule has 7 rings (SSSR count). The number of anilines is 1. The molecule has 0 N–H and O–H groups in total. The van der Waals surface area contributed by atoms with E-state index in [-0.39, 0.29) is 0 Å². The maximum absolute atomic E-state index is 6.18. The lowest BCUT2D eigenvalue weighted by Gasteiger charge is -2.25. The van der Waals surface area contributed by atoms with Crippen molar-refractivity contribution in [1.82, 2.24) is 13.7 Å². The number of thiophene rings is 3. The lowest BCUT2D eigenvalue weighted by atomic mass is 10.0. The predicted molar refractivity (Wildman–Crippen MR) is 266 cm³/mol. The first-order chi connectivity index (χ1) is 29.6. The Morgan fingerprint density at radius 3 is 1.83 bits per heavy atom. The highest BCUT2D eigenvalue weighted by Gasteiger charge is 2.19. The first kappa shape index (κ1) is 44.4. The van der Waals surface area contributed by atoms with Gasteiger partial charge in [0.1, 0.15) is 22.5 Å². The molecule has 1 unspecified atom stereocenters. The molecule has 0 radical (unpaired) electrons.